The van der Waals surface area contributed by atoms with Gasteiger partial charge in [0.15, 0.2) is 0 Å². The van der Waals surface area contributed by atoms with Crippen LogP contribution in [0.5, 0.6) is 11.5 Å². The third-order valence-corrected chi connectivity index (χ3v) is 3.93. The number of methoxy groups -OCH3 is 1. The van der Waals surface area contributed by atoms with Crippen LogP contribution >= 0.6 is 15.9 Å². The van der Waals surface area contributed by atoms with Gasteiger partial charge >= 0.3 is 0 Å². The zero-order valence-corrected chi connectivity index (χ0v) is 13.8. The van der Waals surface area contributed by atoms with E-state index in [9.17, 15) is 5.11 Å². The summed E-state index contributed by atoms with van der Waals surface area (Å²) in [7, 11) is 1.64. The Morgan fingerprint density at radius 1 is 1.19 bits per heavy atom. The third kappa shape index (κ3) is 3.99. The number of rotatable bonds is 6. The number of aliphatic hydroxyl groups is 1. The average Bonchev–Trinajstić information content (AvgIpc) is 2.48. The van der Waals surface area contributed by atoms with Crippen molar-refractivity contribution in [1.82, 2.24) is 0 Å². The molecule has 0 spiro atoms. The summed E-state index contributed by atoms with van der Waals surface area (Å²) in [5, 5.41) is 10.5. The fraction of sp³-hybridized carbons (Fsp3) is 0.294. The molecule has 0 saturated heterocycles. The molecule has 1 atom stereocenters. The molecular weight excluding hydrogens is 332 g/mol. The summed E-state index contributed by atoms with van der Waals surface area (Å²) in [4.78, 5) is 0. The highest BCUT2D eigenvalue weighted by Gasteiger charge is 2.15. The van der Waals surface area contributed by atoms with E-state index in [1.165, 1.54) is 0 Å². The lowest BCUT2D eigenvalue weighted by molar-refractivity contribution is 0.176. The second-order valence-electron chi connectivity index (χ2n) is 4.65. The van der Waals surface area contributed by atoms with Crippen LogP contribution in [0.2, 0.25) is 0 Å². The van der Waals surface area contributed by atoms with Crippen molar-refractivity contribution in [2.24, 2.45) is 0 Å². The van der Waals surface area contributed by atoms with Gasteiger partial charge in [0.25, 0.3) is 0 Å². The highest BCUT2D eigenvalue weighted by molar-refractivity contribution is 9.10. The van der Waals surface area contributed by atoms with Gasteiger partial charge in [0.1, 0.15) is 11.5 Å². The highest BCUT2D eigenvalue weighted by atomic mass is 79.9. The molecule has 0 fully saturated rings. The molecule has 0 aromatic heterocycles. The molecular formula is C17H19BrO3. The van der Waals surface area contributed by atoms with Crippen LogP contribution in [0.25, 0.3) is 0 Å². The van der Waals surface area contributed by atoms with Crippen molar-refractivity contribution < 1.29 is 14.6 Å². The smallest absolute Gasteiger partial charge is 0.122 e. The highest BCUT2D eigenvalue weighted by Crippen LogP contribution is 2.31. The first kappa shape index (κ1) is 15.9. The Morgan fingerprint density at radius 2 is 1.95 bits per heavy atom. The topological polar surface area (TPSA) is 38.7 Å². The Hall–Kier alpha value is -1.52. The zero-order chi connectivity index (χ0) is 15.2. The molecule has 1 N–H and O–H groups in total. The quantitative estimate of drug-likeness (QED) is 0.850. The number of aliphatic hydroxyl groups excluding tert-OH is 1. The van der Waals surface area contributed by atoms with Crippen molar-refractivity contribution in [2.75, 3.05) is 13.7 Å². The normalized spacial score (nSPS) is 12.0. The summed E-state index contributed by atoms with van der Waals surface area (Å²) in [6, 6.07) is 13.4. The molecule has 0 heterocycles. The van der Waals surface area contributed by atoms with Gasteiger partial charge in [-0.2, -0.15) is 0 Å². The molecule has 1 unspecified atom stereocenters. The molecule has 2 aromatic rings. The molecule has 2 aromatic carbocycles. The maximum absolute atomic E-state index is 10.5. The van der Waals surface area contributed by atoms with Crippen molar-refractivity contribution in [1.29, 1.82) is 0 Å². The minimum atomic E-state index is -0.605. The van der Waals surface area contributed by atoms with E-state index in [-0.39, 0.29) is 0 Å². The van der Waals surface area contributed by atoms with E-state index < -0.39 is 6.10 Å². The molecule has 2 rings (SSSR count). The maximum Gasteiger partial charge on any atom is 0.122 e. The van der Waals surface area contributed by atoms with E-state index in [1.54, 1.807) is 7.11 Å². The molecule has 0 aliphatic heterocycles. The van der Waals surface area contributed by atoms with E-state index in [1.807, 2.05) is 49.4 Å². The Bertz CT molecular complexity index is 598. The van der Waals surface area contributed by atoms with Gasteiger partial charge in [0.05, 0.1) is 19.8 Å². The maximum atomic E-state index is 10.5. The van der Waals surface area contributed by atoms with Gasteiger partial charge in [-0.15, -0.1) is 0 Å². The lowest BCUT2D eigenvalue weighted by atomic mass is 10.0. The van der Waals surface area contributed by atoms with Gasteiger partial charge in [-0.1, -0.05) is 40.2 Å². The first-order valence-corrected chi connectivity index (χ1v) is 7.67. The predicted octanol–water partition coefficient (Wildman–Crippen LogP) is 4.13. The second kappa shape index (κ2) is 7.48. The Kier molecular flexibility index (Phi) is 5.65. The predicted molar refractivity (Wildman–Crippen MR) is 87.0 cm³/mol. The molecule has 0 aliphatic carbocycles. The lowest BCUT2D eigenvalue weighted by Gasteiger charge is -2.16. The van der Waals surface area contributed by atoms with Crippen molar-refractivity contribution >= 4 is 15.9 Å². The van der Waals surface area contributed by atoms with Crippen LogP contribution in [0, 0.1) is 0 Å². The third-order valence-electron chi connectivity index (χ3n) is 3.25. The van der Waals surface area contributed by atoms with E-state index in [0.717, 1.165) is 27.1 Å². The monoisotopic (exact) mass is 350 g/mol. The molecule has 3 nitrogen and oxygen atoms in total. The molecule has 0 amide bonds. The number of hydrogen-bond acceptors (Lipinski definition) is 3. The molecule has 0 saturated carbocycles. The van der Waals surface area contributed by atoms with Gasteiger partial charge < -0.3 is 14.6 Å². The average molecular weight is 351 g/mol. The number of benzene rings is 2. The molecule has 4 heteroatoms. The van der Waals surface area contributed by atoms with Gasteiger partial charge in [-0.3, -0.25) is 0 Å². The van der Waals surface area contributed by atoms with Crippen LogP contribution in [0.1, 0.15) is 24.2 Å². The van der Waals surface area contributed by atoms with E-state index in [2.05, 4.69) is 15.9 Å². The fourth-order valence-electron chi connectivity index (χ4n) is 2.22. The van der Waals surface area contributed by atoms with Crippen molar-refractivity contribution in [3.05, 3.63) is 58.1 Å². The molecule has 0 radical (unpaired) electrons. The van der Waals surface area contributed by atoms with Gasteiger partial charge in [-0.25, -0.2) is 0 Å². The second-order valence-corrected chi connectivity index (χ2v) is 5.50. The first-order valence-electron chi connectivity index (χ1n) is 6.88. The van der Waals surface area contributed by atoms with Crippen molar-refractivity contribution in [3.63, 3.8) is 0 Å². The summed E-state index contributed by atoms with van der Waals surface area (Å²) in [6.45, 7) is 2.56. The SMILES string of the molecule is CCOc1ccc(C(O)Cc2ccccc2OC)c(Br)c1. The van der Waals surface area contributed by atoms with E-state index in [0.29, 0.717) is 13.0 Å². The molecule has 0 aliphatic rings. The largest absolute Gasteiger partial charge is 0.496 e. The van der Waals surface area contributed by atoms with Gasteiger partial charge in [0, 0.05) is 10.9 Å². The number of ether oxygens (including phenoxy) is 2. The summed E-state index contributed by atoms with van der Waals surface area (Å²) in [6.07, 6.45) is -0.109. The van der Waals surface area contributed by atoms with Crippen LogP contribution in [0.15, 0.2) is 46.9 Å². The van der Waals surface area contributed by atoms with Gasteiger partial charge in [0.2, 0.25) is 0 Å². The summed E-state index contributed by atoms with van der Waals surface area (Å²) >= 11 is 3.50. The fourth-order valence-corrected chi connectivity index (χ4v) is 2.85. The summed E-state index contributed by atoms with van der Waals surface area (Å²) < 4.78 is 11.6. The van der Waals surface area contributed by atoms with E-state index in [4.69, 9.17) is 9.47 Å². The van der Waals surface area contributed by atoms with Gasteiger partial charge in [-0.05, 0) is 36.2 Å². The molecule has 112 valence electrons. The lowest BCUT2D eigenvalue weighted by Crippen LogP contribution is -2.04. The van der Waals surface area contributed by atoms with Crippen LogP contribution in [0.3, 0.4) is 0 Å². The Balaban J connectivity index is 2.18. The number of hydrogen-bond donors (Lipinski definition) is 1. The van der Waals surface area contributed by atoms with Crippen molar-refractivity contribution in [3.8, 4) is 11.5 Å². The van der Waals surface area contributed by atoms with Crippen LogP contribution in [-0.2, 0) is 6.42 Å². The Labute approximate surface area is 133 Å². The molecule has 21 heavy (non-hydrogen) atoms. The van der Waals surface area contributed by atoms with Crippen LogP contribution in [0.4, 0.5) is 0 Å². The van der Waals surface area contributed by atoms with Crippen molar-refractivity contribution in [2.45, 2.75) is 19.4 Å². The minimum absolute atomic E-state index is 0.497. The van der Waals surface area contributed by atoms with Crippen LogP contribution in [-0.4, -0.2) is 18.8 Å². The first-order chi connectivity index (χ1) is 10.2. The number of halogens is 1. The Morgan fingerprint density at radius 3 is 2.62 bits per heavy atom. The number of para-hydroxylation sites is 1. The summed E-state index contributed by atoms with van der Waals surface area (Å²) in [5.74, 6) is 1.58. The summed E-state index contributed by atoms with van der Waals surface area (Å²) in [5.41, 5.74) is 1.82. The standard InChI is InChI=1S/C17H19BrO3/c1-3-21-13-8-9-14(15(18)11-13)16(19)10-12-6-4-5-7-17(12)20-2/h4-9,11,16,19H,3,10H2,1-2H3. The van der Waals surface area contributed by atoms with Crippen LogP contribution < -0.4 is 9.47 Å². The zero-order valence-electron chi connectivity index (χ0n) is 12.2. The molecule has 0 bridgehead atoms. The minimum Gasteiger partial charge on any atom is -0.496 e. The van der Waals surface area contributed by atoms with E-state index >= 15 is 0 Å².